The van der Waals surface area contributed by atoms with Crippen molar-refractivity contribution in [3.05, 3.63) is 35.4 Å². The molecular formula is C13H19NO2S. The lowest BCUT2D eigenvalue weighted by atomic mass is 10.1. The third kappa shape index (κ3) is 4.79. The SMILES string of the molecule is CNC(CSCC(=O)OC)c1ccc(C)cc1. The van der Waals surface area contributed by atoms with Crippen molar-refractivity contribution in [1.29, 1.82) is 0 Å². The quantitative estimate of drug-likeness (QED) is 0.789. The minimum absolute atomic E-state index is 0.172. The van der Waals surface area contributed by atoms with E-state index in [-0.39, 0.29) is 12.0 Å². The summed E-state index contributed by atoms with van der Waals surface area (Å²) >= 11 is 1.58. The van der Waals surface area contributed by atoms with E-state index in [0.29, 0.717) is 5.75 Å². The van der Waals surface area contributed by atoms with E-state index in [4.69, 9.17) is 0 Å². The number of ether oxygens (including phenoxy) is 1. The molecule has 1 rings (SSSR count). The fraction of sp³-hybridized carbons (Fsp3) is 0.462. The Hall–Kier alpha value is -1.00. The fourth-order valence-corrected chi connectivity index (χ4v) is 2.46. The molecule has 1 aromatic carbocycles. The van der Waals surface area contributed by atoms with Crippen LogP contribution in [0.3, 0.4) is 0 Å². The average molecular weight is 253 g/mol. The van der Waals surface area contributed by atoms with Crippen molar-refractivity contribution in [1.82, 2.24) is 5.32 Å². The largest absolute Gasteiger partial charge is 0.468 e. The number of rotatable bonds is 6. The lowest BCUT2D eigenvalue weighted by Crippen LogP contribution is -2.19. The molecule has 1 N–H and O–H groups in total. The second-order valence-corrected chi connectivity index (χ2v) is 4.87. The van der Waals surface area contributed by atoms with Gasteiger partial charge in [-0.1, -0.05) is 29.8 Å². The van der Waals surface area contributed by atoms with Crippen LogP contribution in [0.4, 0.5) is 0 Å². The van der Waals surface area contributed by atoms with Gasteiger partial charge in [-0.2, -0.15) is 0 Å². The molecule has 0 bridgehead atoms. The molecule has 1 atom stereocenters. The maximum atomic E-state index is 11.0. The fourth-order valence-electron chi connectivity index (χ4n) is 1.46. The molecule has 1 aromatic rings. The third-order valence-corrected chi connectivity index (χ3v) is 3.57. The molecule has 0 aliphatic carbocycles. The third-order valence-electron chi connectivity index (χ3n) is 2.56. The van der Waals surface area contributed by atoms with Gasteiger partial charge in [0.05, 0.1) is 12.9 Å². The molecule has 0 amide bonds. The molecule has 0 aromatic heterocycles. The van der Waals surface area contributed by atoms with E-state index in [1.54, 1.807) is 11.8 Å². The first-order valence-electron chi connectivity index (χ1n) is 5.55. The van der Waals surface area contributed by atoms with Crippen LogP contribution in [0.1, 0.15) is 17.2 Å². The van der Waals surface area contributed by atoms with Gasteiger partial charge in [0.1, 0.15) is 0 Å². The van der Waals surface area contributed by atoms with Crippen LogP contribution in [0.25, 0.3) is 0 Å². The molecule has 0 saturated carbocycles. The van der Waals surface area contributed by atoms with Crippen LogP contribution in [0.15, 0.2) is 24.3 Å². The number of esters is 1. The summed E-state index contributed by atoms with van der Waals surface area (Å²) in [5.41, 5.74) is 2.50. The molecule has 0 aliphatic rings. The maximum Gasteiger partial charge on any atom is 0.315 e. The zero-order valence-corrected chi connectivity index (χ0v) is 11.3. The number of hydrogen-bond acceptors (Lipinski definition) is 4. The predicted molar refractivity (Wildman–Crippen MR) is 72.3 cm³/mol. The Morgan fingerprint density at radius 1 is 1.41 bits per heavy atom. The Labute approximate surface area is 107 Å². The first kappa shape index (κ1) is 14.1. The lowest BCUT2D eigenvalue weighted by Gasteiger charge is -2.16. The Bertz CT molecular complexity index is 351. The van der Waals surface area contributed by atoms with E-state index < -0.39 is 0 Å². The van der Waals surface area contributed by atoms with Crippen molar-refractivity contribution in [2.75, 3.05) is 25.7 Å². The highest BCUT2D eigenvalue weighted by atomic mass is 32.2. The number of hydrogen-bond donors (Lipinski definition) is 1. The van der Waals surface area contributed by atoms with E-state index in [0.717, 1.165) is 5.75 Å². The van der Waals surface area contributed by atoms with Crippen molar-refractivity contribution >= 4 is 17.7 Å². The van der Waals surface area contributed by atoms with Gasteiger partial charge in [-0.3, -0.25) is 4.79 Å². The zero-order chi connectivity index (χ0) is 12.7. The van der Waals surface area contributed by atoms with Gasteiger partial charge in [-0.15, -0.1) is 11.8 Å². The van der Waals surface area contributed by atoms with Gasteiger partial charge in [0.2, 0.25) is 0 Å². The van der Waals surface area contributed by atoms with Crippen LogP contribution >= 0.6 is 11.8 Å². The molecular weight excluding hydrogens is 234 g/mol. The first-order chi connectivity index (χ1) is 8.17. The van der Waals surface area contributed by atoms with Gasteiger partial charge in [0.25, 0.3) is 0 Å². The molecule has 17 heavy (non-hydrogen) atoms. The second kappa shape index (κ2) is 7.35. The van der Waals surface area contributed by atoms with Gasteiger partial charge in [0, 0.05) is 11.8 Å². The number of benzene rings is 1. The first-order valence-corrected chi connectivity index (χ1v) is 6.71. The van der Waals surface area contributed by atoms with E-state index in [9.17, 15) is 4.79 Å². The maximum absolute atomic E-state index is 11.0. The Balaban J connectivity index is 2.48. The summed E-state index contributed by atoms with van der Waals surface area (Å²) in [7, 11) is 3.35. The summed E-state index contributed by atoms with van der Waals surface area (Å²) in [5.74, 6) is 1.09. The van der Waals surface area contributed by atoms with Crippen molar-refractivity contribution < 1.29 is 9.53 Å². The molecule has 1 unspecified atom stereocenters. The molecule has 0 fully saturated rings. The van der Waals surface area contributed by atoms with Gasteiger partial charge in [-0.05, 0) is 19.5 Å². The molecule has 0 saturated heterocycles. The van der Waals surface area contributed by atoms with Gasteiger partial charge in [0.15, 0.2) is 0 Å². The highest BCUT2D eigenvalue weighted by Gasteiger charge is 2.10. The average Bonchev–Trinajstić information content (AvgIpc) is 2.35. The molecule has 94 valence electrons. The van der Waals surface area contributed by atoms with Crippen LogP contribution in [0, 0.1) is 6.92 Å². The number of aryl methyl sites for hydroxylation is 1. The highest BCUT2D eigenvalue weighted by molar-refractivity contribution is 7.99. The van der Waals surface area contributed by atoms with Gasteiger partial charge >= 0.3 is 5.97 Å². The van der Waals surface area contributed by atoms with E-state index in [1.807, 2.05) is 7.05 Å². The van der Waals surface area contributed by atoms with Crippen LogP contribution in [-0.4, -0.2) is 31.6 Å². The minimum Gasteiger partial charge on any atom is -0.468 e. The molecule has 0 heterocycles. The number of carbonyl (C=O) groups excluding carboxylic acids is 1. The minimum atomic E-state index is -0.172. The predicted octanol–water partition coefficient (Wildman–Crippen LogP) is 2.16. The second-order valence-electron chi connectivity index (χ2n) is 3.84. The molecule has 0 aliphatic heterocycles. The van der Waals surface area contributed by atoms with E-state index in [2.05, 4.69) is 41.2 Å². The number of thioether (sulfide) groups is 1. The highest BCUT2D eigenvalue weighted by Crippen LogP contribution is 2.18. The summed E-state index contributed by atoms with van der Waals surface area (Å²) < 4.78 is 4.61. The lowest BCUT2D eigenvalue weighted by molar-refractivity contribution is -0.137. The number of nitrogens with one attached hydrogen (secondary N) is 1. The number of methoxy groups -OCH3 is 1. The van der Waals surface area contributed by atoms with Crippen LogP contribution in [0.5, 0.6) is 0 Å². The van der Waals surface area contributed by atoms with Crippen molar-refractivity contribution in [2.45, 2.75) is 13.0 Å². The Kier molecular flexibility index (Phi) is 6.08. The summed E-state index contributed by atoms with van der Waals surface area (Å²) in [5, 5.41) is 3.26. The Morgan fingerprint density at radius 3 is 2.59 bits per heavy atom. The molecule has 4 heteroatoms. The molecule has 0 radical (unpaired) electrons. The number of carbonyl (C=O) groups is 1. The van der Waals surface area contributed by atoms with Crippen molar-refractivity contribution in [3.63, 3.8) is 0 Å². The summed E-state index contributed by atoms with van der Waals surface area (Å²) in [6.07, 6.45) is 0. The van der Waals surface area contributed by atoms with Crippen LogP contribution < -0.4 is 5.32 Å². The van der Waals surface area contributed by atoms with Crippen LogP contribution in [0.2, 0.25) is 0 Å². The van der Waals surface area contributed by atoms with Crippen molar-refractivity contribution in [2.24, 2.45) is 0 Å². The van der Waals surface area contributed by atoms with Gasteiger partial charge in [-0.25, -0.2) is 0 Å². The zero-order valence-electron chi connectivity index (χ0n) is 10.5. The summed E-state index contributed by atoms with van der Waals surface area (Å²) in [4.78, 5) is 11.0. The Morgan fingerprint density at radius 2 is 2.06 bits per heavy atom. The molecule has 0 spiro atoms. The van der Waals surface area contributed by atoms with Gasteiger partial charge < -0.3 is 10.1 Å². The normalized spacial score (nSPS) is 12.2. The van der Waals surface area contributed by atoms with Crippen molar-refractivity contribution in [3.8, 4) is 0 Å². The smallest absolute Gasteiger partial charge is 0.315 e. The molecule has 3 nitrogen and oxygen atoms in total. The standard InChI is InChI=1S/C13H19NO2S/c1-10-4-6-11(7-5-10)12(14-2)8-17-9-13(15)16-3/h4-7,12,14H,8-9H2,1-3H3. The monoisotopic (exact) mass is 253 g/mol. The summed E-state index contributed by atoms with van der Waals surface area (Å²) in [6, 6.07) is 8.71. The van der Waals surface area contributed by atoms with E-state index >= 15 is 0 Å². The summed E-state index contributed by atoms with van der Waals surface area (Å²) in [6.45, 7) is 2.07. The van der Waals surface area contributed by atoms with Crippen LogP contribution in [-0.2, 0) is 9.53 Å². The topological polar surface area (TPSA) is 38.3 Å². The van der Waals surface area contributed by atoms with E-state index in [1.165, 1.54) is 18.2 Å².